The Morgan fingerprint density at radius 2 is 1.81 bits per heavy atom. The Morgan fingerprint density at radius 3 is 2.53 bits per heavy atom. The molecule has 0 atom stereocenters. The maximum atomic E-state index is 12.4. The van der Waals surface area contributed by atoms with Gasteiger partial charge >= 0.3 is 0 Å². The first-order chi connectivity index (χ1) is 15.7. The van der Waals surface area contributed by atoms with Crippen LogP contribution in [0.5, 0.6) is 5.75 Å². The van der Waals surface area contributed by atoms with Gasteiger partial charge in [-0.2, -0.15) is 0 Å². The molecular weight excluding hydrogens is 406 g/mol. The second kappa shape index (κ2) is 8.66. The summed E-state index contributed by atoms with van der Waals surface area (Å²) < 4.78 is 12.9. The first-order valence-electron chi connectivity index (χ1n) is 10.6. The summed E-state index contributed by atoms with van der Waals surface area (Å²) in [7, 11) is 1.64. The molecule has 1 fully saturated rings. The summed E-state index contributed by atoms with van der Waals surface area (Å²) >= 11 is 0. The predicted molar refractivity (Wildman–Crippen MR) is 119 cm³/mol. The van der Waals surface area contributed by atoms with Crippen LogP contribution in [0.2, 0.25) is 0 Å². The summed E-state index contributed by atoms with van der Waals surface area (Å²) in [6.07, 6.45) is 3.08. The summed E-state index contributed by atoms with van der Waals surface area (Å²) in [4.78, 5) is 12.4. The van der Waals surface area contributed by atoms with Crippen molar-refractivity contribution in [1.29, 1.82) is 0 Å². The van der Waals surface area contributed by atoms with E-state index in [4.69, 9.17) is 9.15 Å². The van der Waals surface area contributed by atoms with Crippen LogP contribution in [0.25, 0.3) is 22.7 Å². The van der Waals surface area contributed by atoms with Crippen molar-refractivity contribution < 1.29 is 13.9 Å². The number of hydrogen-bond donors (Lipinski definition) is 1. The zero-order valence-electron chi connectivity index (χ0n) is 17.7. The molecule has 0 bridgehead atoms. The molecule has 32 heavy (non-hydrogen) atoms. The van der Waals surface area contributed by atoms with Gasteiger partial charge in [-0.15, -0.1) is 5.10 Å². The van der Waals surface area contributed by atoms with Gasteiger partial charge < -0.3 is 14.5 Å². The van der Waals surface area contributed by atoms with Crippen LogP contribution in [0.4, 0.5) is 5.69 Å². The number of nitrogens with one attached hydrogen (secondary N) is 1. The van der Waals surface area contributed by atoms with Crippen molar-refractivity contribution in [3.05, 3.63) is 66.4 Å². The van der Waals surface area contributed by atoms with Crippen LogP contribution in [-0.4, -0.2) is 33.2 Å². The molecule has 2 aromatic heterocycles. The summed E-state index contributed by atoms with van der Waals surface area (Å²) in [5.41, 5.74) is 2.64. The molecule has 0 radical (unpaired) electrons. The molecule has 0 unspecified atom stereocenters. The number of anilines is 1. The van der Waals surface area contributed by atoms with Gasteiger partial charge in [-0.25, -0.2) is 4.68 Å². The summed E-state index contributed by atoms with van der Waals surface area (Å²) in [5, 5.41) is 14.9. The highest BCUT2D eigenvalue weighted by molar-refractivity contribution is 5.91. The molecule has 2 aromatic carbocycles. The zero-order chi connectivity index (χ0) is 21.9. The molecule has 5 rings (SSSR count). The number of rotatable bonds is 8. The molecule has 1 N–H and O–H groups in total. The number of hydrogen-bond acceptors (Lipinski definition) is 6. The molecule has 162 valence electrons. The lowest BCUT2D eigenvalue weighted by molar-refractivity contribution is -0.116. The third-order valence-corrected chi connectivity index (χ3v) is 5.45. The van der Waals surface area contributed by atoms with E-state index in [1.54, 1.807) is 7.11 Å². The maximum absolute atomic E-state index is 12.4. The SMILES string of the molecule is COc1ccc(-c2ccc(CCC(=O)Nc3ccc(-c4nnnn4C4CC4)cc3)o2)cc1. The van der Waals surface area contributed by atoms with Crippen LogP contribution in [0.15, 0.2) is 65.1 Å². The van der Waals surface area contributed by atoms with Gasteiger partial charge in [0.05, 0.1) is 13.2 Å². The monoisotopic (exact) mass is 429 g/mol. The van der Waals surface area contributed by atoms with Gasteiger partial charge in [0, 0.05) is 29.7 Å². The van der Waals surface area contributed by atoms with Crippen LogP contribution in [0.3, 0.4) is 0 Å². The maximum Gasteiger partial charge on any atom is 0.224 e. The highest BCUT2D eigenvalue weighted by atomic mass is 16.5. The van der Waals surface area contributed by atoms with Gasteiger partial charge in [-0.1, -0.05) is 0 Å². The molecule has 1 amide bonds. The molecule has 0 saturated heterocycles. The van der Waals surface area contributed by atoms with Crippen molar-refractivity contribution in [3.8, 4) is 28.5 Å². The number of benzene rings is 2. The minimum atomic E-state index is -0.0667. The standard InChI is InChI=1S/C24H23N5O3/c1-31-20-10-4-16(5-11-20)22-14-12-21(32-22)13-15-23(30)25-18-6-2-17(3-7-18)24-26-27-28-29(24)19-8-9-19/h2-7,10-12,14,19H,8-9,13,15H2,1H3,(H,25,30). The Morgan fingerprint density at radius 1 is 1.06 bits per heavy atom. The lowest BCUT2D eigenvalue weighted by Crippen LogP contribution is -2.12. The number of furan rings is 1. The van der Waals surface area contributed by atoms with E-state index in [1.165, 1.54) is 0 Å². The average Bonchev–Trinajstić information content (AvgIpc) is 3.36. The van der Waals surface area contributed by atoms with Crippen LogP contribution >= 0.6 is 0 Å². The Labute approximate surface area is 185 Å². The fourth-order valence-corrected chi connectivity index (χ4v) is 3.53. The minimum Gasteiger partial charge on any atom is -0.497 e. The van der Waals surface area contributed by atoms with Crippen LogP contribution in [-0.2, 0) is 11.2 Å². The topological polar surface area (TPSA) is 95.1 Å². The highest BCUT2D eigenvalue weighted by Crippen LogP contribution is 2.36. The molecule has 0 aliphatic heterocycles. The molecule has 8 nitrogen and oxygen atoms in total. The Hall–Kier alpha value is -3.94. The smallest absolute Gasteiger partial charge is 0.224 e. The van der Waals surface area contributed by atoms with E-state index in [-0.39, 0.29) is 5.91 Å². The molecule has 2 heterocycles. The first-order valence-corrected chi connectivity index (χ1v) is 10.6. The van der Waals surface area contributed by atoms with Crippen molar-refractivity contribution in [2.24, 2.45) is 0 Å². The fraction of sp³-hybridized carbons (Fsp3) is 0.250. The number of methoxy groups -OCH3 is 1. The molecule has 1 saturated carbocycles. The number of ether oxygens (including phenoxy) is 1. The third kappa shape index (κ3) is 4.39. The molecule has 1 aliphatic rings. The second-order valence-electron chi connectivity index (χ2n) is 7.80. The quantitative estimate of drug-likeness (QED) is 0.443. The number of aromatic nitrogens is 4. The Kier molecular flexibility index (Phi) is 5.41. The fourth-order valence-electron chi connectivity index (χ4n) is 3.53. The van der Waals surface area contributed by atoms with Crippen molar-refractivity contribution in [3.63, 3.8) is 0 Å². The van der Waals surface area contributed by atoms with Gasteiger partial charge in [0.25, 0.3) is 0 Å². The van der Waals surface area contributed by atoms with E-state index in [1.807, 2.05) is 65.3 Å². The number of amides is 1. The van der Waals surface area contributed by atoms with Gasteiger partial charge in [0.1, 0.15) is 17.3 Å². The van der Waals surface area contributed by atoms with Crippen molar-refractivity contribution in [1.82, 2.24) is 20.2 Å². The number of carbonyl (C=O) groups is 1. The molecule has 1 aliphatic carbocycles. The zero-order valence-corrected chi connectivity index (χ0v) is 17.7. The van der Waals surface area contributed by atoms with Crippen LogP contribution in [0, 0.1) is 0 Å². The molecule has 4 aromatic rings. The normalized spacial score (nSPS) is 13.2. The van der Waals surface area contributed by atoms with E-state index in [2.05, 4.69) is 20.8 Å². The average molecular weight is 429 g/mol. The second-order valence-corrected chi connectivity index (χ2v) is 7.80. The Bertz CT molecular complexity index is 1210. The Balaban J connectivity index is 1.16. The number of aryl methyl sites for hydroxylation is 1. The van der Waals surface area contributed by atoms with Crippen molar-refractivity contribution in [2.45, 2.75) is 31.7 Å². The van der Waals surface area contributed by atoms with Gasteiger partial charge in [-0.3, -0.25) is 4.79 Å². The molecule has 8 heteroatoms. The van der Waals surface area contributed by atoms with E-state index in [0.29, 0.717) is 18.9 Å². The largest absolute Gasteiger partial charge is 0.497 e. The van der Waals surface area contributed by atoms with Crippen molar-refractivity contribution >= 4 is 11.6 Å². The van der Waals surface area contributed by atoms with Gasteiger partial charge in [-0.05, 0) is 83.9 Å². The highest BCUT2D eigenvalue weighted by Gasteiger charge is 2.28. The van der Waals surface area contributed by atoms with Gasteiger partial charge in [0.2, 0.25) is 5.91 Å². The number of nitrogens with zero attached hydrogens (tertiary/aromatic N) is 4. The number of carbonyl (C=O) groups excluding carboxylic acids is 1. The minimum absolute atomic E-state index is 0.0667. The van der Waals surface area contributed by atoms with E-state index in [0.717, 1.165) is 52.8 Å². The summed E-state index contributed by atoms with van der Waals surface area (Å²) in [6, 6.07) is 19.5. The number of tetrazole rings is 1. The summed E-state index contributed by atoms with van der Waals surface area (Å²) in [5.74, 6) is 3.03. The first kappa shape index (κ1) is 20.0. The van der Waals surface area contributed by atoms with Crippen LogP contribution in [0.1, 0.15) is 31.1 Å². The van der Waals surface area contributed by atoms with Crippen molar-refractivity contribution in [2.75, 3.05) is 12.4 Å². The molecular formula is C24H23N5O3. The lowest BCUT2D eigenvalue weighted by Gasteiger charge is -2.06. The van der Waals surface area contributed by atoms with Gasteiger partial charge in [0.15, 0.2) is 5.82 Å². The van der Waals surface area contributed by atoms with E-state index in [9.17, 15) is 4.79 Å². The summed E-state index contributed by atoms with van der Waals surface area (Å²) in [6.45, 7) is 0. The predicted octanol–water partition coefficient (Wildman–Crippen LogP) is 4.51. The van der Waals surface area contributed by atoms with E-state index < -0.39 is 0 Å². The van der Waals surface area contributed by atoms with Crippen LogP contribution < -0.4 is 10.1 Å². The third-order valence-electron chi connectivity index (χ3n) is 5.45. The molecule has 0 spiro atoms. The lowest BCUT2D eigenvalue weighted by atomic mass is 10.1. The van der Waals surface area contributed by atoms with E-state index >= 15 is 0 Å².